The summed E-state index contributed by atoms with van der Waals surface area (Å²) in [5.41, 5.74) is 2.52. The summed E-state index contributed by atoms with van der Waals surface area (Å²) < 4.78 is 0. The zero-order valence-electron chi connectivity index (χ0n) is 12.2. The largest absolute Gasteiger partial charge is 0.385 e. The van der Waals surface area contributed by atoms with Gasteiger partial charge in [0.15, 0.2) is 0 Å². The number of hydrogen-bond acceptors (Lipinski definition) is 3. The van der Waals surface area contributed by atoms with E-state index in [1.807, 2.05) is 0 Å². The molecule has 0 spiro atoms. The molecule has 1 rings (SSSR count). The molecule has 0 saturated carbocycles. The molecule has 0 heterocycles. The molecule has 18 heavy (non-hydrogen) atoms. The van der Waals surface area contributed by atoms with E-state index in [0.29, 0.717) is 0 Å². The van der Waals surface area contributed by atoms with Crippen LogP contribution >= 0.6 is 0 Å². The van der Waals surface area contributed by atoms with Crippen LogP contribution in [0.25, 0.3) is 0 Å². The van der Waals surface area contributed by atoms with Gasteiger partial charge in [0.2, 0.25) is 0 Å². The van der Waals surface area contributed by atoms with Gasteiger partial charge in [-0.3, -0.25) is 0 Å². The molecule has 0 saturated heterocycles. The molecule has 1 aromatic carbocycles. The minimum Gasteiger partial charge on any atom is -0.385 e. The standard InChI is InChI=1S/C15H27N3/c1-5-18(6-2)15-10-8-14(9-11-15)16-12-7-13-17(3)4/h8-11,16H,5-7,12-13H2,1-4H3. The van der Waals surface area contributed by atoms with Gasteiger partial charge in [-0.25, -0.2) is 0 Å². The van der Waals surface area contributed by atoms with E-state index >= 15 is 0 Å². The minimum absolute atomic E-state index is 1.03. The van der Waals surface area contributed by atoms with E-state index in [9.17, 15) is 0 Å². The van der Waals surface area contributed by atoms with E-state index in [0.717, 1.165) is 26.2 Å². The monoisotopic (exact) mass is 249 g/mol. The highest BCUT2D eigenvalue weighted by molar-refractivity contribution is 5.54. The summed E-state index contributed by atoms with van der Waals surface area (Å²) in [6.45, 7) is 8.67. The van der Waals surface area contributed by atoms with Gasteiger partial charge in [-0.1, -0.05) is 0 Å². The fourth-order valence-electron chi connectivity index (χ4n) is 2.01. The van der Waals surface area contributed by atoms with Crippen molar-refractivity contribution >= 4 is 11.4 Å². The number of nitrogens with zero attached hydrogens (tertiary/aromatic N) is 2. The van der Waals surface area contributed by atoms with Crippen molar-refractivity contribution in [2.45, 2.75) is 20.3 Å². The molecule has 3 nitrogen and oxygen atoms in total. The Hall–Kier alpha value is -1.22. The van der Waals surface area contributed by atoms with Crippen LogP contribution in [0.15, 0.2) is 24.3 Å². The Morgan fingerprint density at radius 1 is 1.00 bits per heavy atom. The van der Waals surface area contributed by atoms with E-state index in [1.165, 1.54) is 17.8 Å². The van der Waals surface area contributed by atoms with Crippen LogP contribution in [0.5, 0.6) is 0 Å². The molecule has 102 valence electrons. The quantitative estimate of drug-likeness (QED) is 0.715. The molecule has 1 N–H and O–H groups in total. The van der Waals surface area contributed by atoms with Crippen molar-refractivity contribution in [2.24, 2.45) is 0 Å². The number of nitrogens with one attached hydrogen (secondary N) is 1. The van der Waals surface area contributed by atoms with E-state index in [1.54, 1.807) is 0 Å². The lowest BCUT2D eigenvalue weighted by atomic mass is 10.2. The molecule has 3 heteroatoms. The van der Waals surface area contributed by atoms with Gasteiger partial charge >= 0.3 is 0 Å². The third kappa shape index (κ3) is 4.96. The van der Waals surface area contributed by atoms with Crippen molar-refractivity contribution in [2.75, 3.05) is 50.5 Å². The van der Waals surface area contributed by atoms with Crippen molar-refractivity contribution in [1.82, 2.24) is 4.90 Å². The molecule has 0 aliphatic carbocycles. The first-order valence-corrected chi connectivity index (χ1v) is 6.91. The van der Waals surface area contributed by atoms with Gasteiger partial charge in [-0.15, -0.1) is 0 Å². The average Bonchev–Trinajstić information content (AvgIpc) is 2.37. The topological polar surface area (TPSA) is 18.5 Å². The summed E-state index contributed by atoms with van der Waals surface area (Å²) in [4.78, 5) is 4.57. The first-order valence-electron chi connectivity index (χ1n) is 6.91. The fraction of sp³-hybridized carbons (Fsp3) is 0.600. The van der Waals surface area contributed by atoms with E-state index in [-0.39, 0.29) is 0 Å². The summed E-state index contributed by atoms with van der Waals surface area (Å²) >= 11 is 0. The molecular weight excluding hydrogens is 222 g/mol. The number of hydrogen-bond donors (Lipinski definition) is 1. The van der Waals surface area contributed by atoms with Crippen LogP contribution in [0.3, 0.4) is 0 Å². The smallest absolute Gasteiger partial charge is 0.0367 e. The predicted octanol–water partition coefficient (Wildman–Crippen LogP) is 2.90. The Balaban J connectivity index is 2.40. The van der Waals surface area contributed by atoms with Crippen molar-refractivity contribution in [3.05, 3.63) is 24.3 Å². The molecule has 0 fully saturated rings. The van der Waals surface area contributed by atoms with Gasteiger partial charge in [0.25, 0.3) is 0 Å². The predicted molar refractivity (Wildman–Crippen MR) is 81.7 cm³/mol. The van der Waals surface area contributed by atoms with Crippen LogP contribution in [0.2, 0.25) is 0 Å². The van der Waals surface area contributed by atoms with Crippen molar-refractivity contribution in [3.8, 4) is 0 Å². The lowest BCUT2D eigenvalue weighted by molar-refractivity contribution is 0.405. The molecule has 1 aromatic rings. The van der Waals surface area contributed by atoms with Gasteiger partial charge in [-0.05, 0) is 65.2 Å². The Morgan fingerprint density at radius 2 is 1.61 bits per heavy atom. The lowest BCUT2D eigenvalue weighted by Gasteiger charge is -2.21. The summed E-state index contributed by atoms with van der Waals surface area (Å²) in [5, 5.41) is 3.46. The van der Waals surface area contributed by atoms with Gasteiger partial charge in [0.05, 0.1) is 0 Å². The maximum absolute atomic E-state index is 3.46. The molecule has 0 radical (unpaired) electrons. The minimum atomic E-state index is 1.03. The first kappa shape index (κ1) is 14.8. The second kappa shape index (κ2) is 7.98. The first-order chi connectivity index (χ1) is 8.67. The molecule has 0 atom stereocenters. The molecule has 0 aromatic heterocycles. The summed E-state index contributed by atoms with van der Waals surface area (Å²) in [7, 11) is 4.22. The van der Waals surface area contributed by atoms with Crippen LogP contribution in [-0.2, 0) is 0 Å². The fourth-order valence-corrected chi connectivity index (χ4v) is 2.01. The van der Waals surface area contributed by atoms with Gasteiger partial charge in [0, 0.05) is 31.0 Å². The maximum atomic E-state index is 3.46. The van der Waals surface area contributed by atoms with Crippen LogP contribution < -0.4 is 10.2 Å². The summed E-state index contributed by atoms with van der Waals surface area (Å²) in [6.07, 6.45) is 1.17. The Labute approximate surface area is 112 Å². The lowest BCUT2D eigenvalue weighted by Crippen LogP contribution is -2.21. The molecular formula is C15H27N3. The highest BCUT2D eigenvalue weighted by atomic mass is 15.1. The Morgan fingerprint density at radius 3 is 2.11 bits per heavy atom. The average molecular weight is 249 g/mol. The number of anilines is 2. The molecule has 0 unspecified atom stereocenters. The zero-order valence-corrected chi connectivity index (χ0v) is 12.2. The Kier molecular flexibility index (Phi) is 6.58. The normalized spacial score (nSPS) is 10.7. The van der Waals surface area contributed by atoms with Crippen LogP contribution in [0.4, 0.5) is 11.4 Å². The van der Waals surface area contributed by atoms with Crippen LogP contribution in [0.1, 0.15) is 20.3 Å². The SMILES string of the molecule is CCN(CC)c1ccc(NCCCN(C)C)cc1. The molecule has 0 aliphatic rings. The summed E-state index contributed by atoms with van der Waals surface area (Å²) in [6, 6.07) is 8.73. The second-order valence-electron chi connectivity index (χ2n) is 4.80. The molecule has 0 bridgehead atoms. The van der Waals surface area contributed by atoms with Crippen molar-refractivity contribution in [3.63, 3.8) is 0 Å². The van der Waals surface area contributed by atoms with Crippen molar-refractivity contribution in [1.29, 1.82) is 0 Å². The third-order valence-electron chi connectivity index (χ3n) is 3.11. The number of rotatable bonds is 8. The maximum Gasteiger partial charge on any atom is 0.0367 e. The zero-order chi connectivity index (χ0) is 13.4. The Bertz CT molecular complexity index is 315. The highest BCUT2D eigenvalue weighted by Crippen LogP contribution is 2.17. The second-order valence-corrected chi connectivity index (χ2v) is 4.80. The highest BCUT2D eigenvalue weighted by Gasteiger charge is 2.00. The van der Waals surface area contributed by atoms with Gasteiger partial charge in [-0.2, -0.15) is 0 Å². The summed E-state index contributed by atoms with van der Waals surface area (Å²) in [5.74, 6) is 0. The van der Waals surface area contributed by atoms with Gasteiger partial charge < -0.3 is 15.1 Å². The van der Waals surface area contributed by atoms with E-state index in [2.05, 4.69) is 67.3 Å². The van der Waals surface area contributed by atoms with Crippen LogP contribution in [0, 0.1) is 0 Å². The third-order valence-corrected chi connectivity index (χ3v) is 3.11. The van der Waals surface area contributed by atoms with Crippen LogP contribution in [-0.4, -0.2) is 45.2 Å². The van der Waals surface area contributed by atoms with Gasteiger partial charge in [0.1, 0.15) is 0 Å². The number of benzene rings is 1. The van der Waals surface area contributed by atoms with E-state index < -0.39 is 0 Å². The van der Waals surface area contributed by atoms with E-state index in [4.69, 9.17) is 0 Å². The molecule has 0 aliphatic heterocycles. The van der Waals surface area contributed by atoms with Crippen molar-refractivity contribution < 1.29 is 0 Å². The molecule has 0 amide bonds.